The molecular formula is C36H34N2O4. The Kier molecular flexibility index (Phi) is 8.34. The molecule has 0 saturated carbocycles. The fourth-order valence-corrected chi connectivity index (χ4v) is 4.73. The molecule has 5 rings (SSSR count). The highest BCUT2D eigenvalue weighted by Gasteiger charge is 2.23. The Bertz CT molecular complexity index is 1690. The van der Waals surface area contributed by atoms with Crippen molar-refractivity contribution in [2.24, 2.45) is 0 Å². The van der Waals surface area contributed by atoms with Crippen molar-refractivity contribution < 1.29 is 19.1 Å². The lowest BCUT2D eigenvalue weighted by Gasteiger charge is -2.19. The Labute approximate surface area is 246 Å². The van der Waals surface area contributed by atoms with Gasteiger partial charge in [-0.1, -0.05) is 93.6 Å². The summed E-state index contributed by atoms with van der Waals surface area (Å²) in [5, 5.41) is 4.46. The van der Waals surface area contributed by atoms with Crippen LogP contribution in [-0.2, 0) is 21.4 Å². The van der Waals surface area contributed by atoms with Gasteiger partial charge in [-0.25, -0.2) is 4.79 Å². The molecule has 1 atom stereocenters. The fourth-order valence-electron chi connectivity index (χ4n) is 4.73. The van der Waals surface area contributed by atoms with E-state index in [0.29, 0.717) is 12.2 Å². The van der Waals surface area contributed by atoms with E-state index in [0.717, 1.165) is 33.2 Å². The zero-order valence-electron chi connectivity index (χ0n) is 24.3. The van der Waals surface area contributed by atoms with Crippen LogP contribution in [0, 0.1) is 0 Å². The number of carbonyl (C=O) groups is 2. The van der Waals surface area contributed by atoms with Crippen LogP contribution in [0.25, 0.3) is 21.9 Å². The molecule has 1 N–H and O–H groups in total. The molecule has 4 aromatic carbocycles. The van der Waals surface area contributed by atoms with Crippen molar-refractivity contribution in [3.8, 4) is 22.6 Å². The van der Waals surface area contributed by atoms with E-state index in [2.05, 4.69) is 43.2 Å². The number of aromatic nitrogens is 1. The van der Waals surface area contributed by atoms with Gasteiger partial charge >= 0.3 is 5.97 Å². The molecule has 0 aliphatic rings. The summed E-state index contributed by atoms with van der Waals surface area (Å²) in [4.78, 5) is 30.1. The number of hydrogen-bond donors (Lipinski definition) is 1. The van der Waals surface area contributed by atoms with E-state index in [9.17, 15) is 9.59 Å². The highest BCUT2D eigenvalue weighted by Crippen LogP contribution is 2.29. The van der Waals surface area contributed by atoms with Gasteiger partial charge in [-0.2, -0.15) is 0 Å². The number of fused-ring (bicyclic) bond motifs is 1. The average Bonchev–Trinajstić information content (AvgIpc) is 3.00. The molecule has 6 heteroatoms. The maximum Gasteiger partial charge on any atom is 0.328 e. The number of rotatable bonds is 8. The number of benzene rings is 4. The molecule has 1 heterocycles. The summed E-state index contributed by atoms with van der Waals surface area (Å²) in [7, 11) is 1.31. The van der Waals surface area contributed by atoms with Crippen LogP contribution >= 0.6 is 0 Å². The number of amides is 1. The highest BCUT2D eigenvalue weighted by atomic mass is 16.5. The van der Waals surface area contributed by atoms with Crippen molar-refractivity contribution in [1.29, 1.82) is 0 Å². The Morgan fingerprint density at radius 2 is 1.45 bits per heavy atom. The lowest BCUT2D eigenvalue weighted by molar-refractivity contribution is -0.142. The van der Waals surface area contributed by atoms with Gasteiger partial charge in [0, 0.05) is 18.0 Å². The largest absolute Gasteiger partial charge is 0.467 e. The van der Waals surface area contributed by atoms with Crippen molar-refractivity contribution in [2.45, 2.75) is 38.6 Å². The van der Waals surface area contributed by atoms with Gasteiger partial charge in [0.1, 0.15) is 23.2 Å². The third kappa shape index (κ3) is 6.84. The average molecular weight is 559 g/mol. The van der Waals surface area contributed by atoms with E-state index in [4.69, 9.17) is 9.47 Å². The second-order valence-electron chi connectivity index (χ2n) is 11.3. The van der Waals surface area contributed by atoms with Crippen LogP contribution in [0.1, 0.15) is 42.4 Å². The summed E-state index contributed by atoms with van der Waals surface area (Å²) >= 11 is 0. The van der Waals surface area contributed by atoms with Crippen molar-refractivity contribution >= 4 is 22.6 Å². The van der Waals surface area contributed by atoms with Crippen molar-refractivity contribution in [1.82, 2.24) is 10.3 Å². The maximum absolute atomic E-state index is 13.1. The minimum atomic E-state index is -0.858. The standard InChI is InChI=1S/C36H34N2O4/c1-36(2,3)29-15-18-30(19-16-29)42-31-17-14-27-22-32(37-23-28(27)21-31)34(39)38-33(35(40)41-4)20-24-10-12-26(13-11-24)25-8-6-5-7-9-25/h5-19,21-23,33H,20H2,1-4H3,(H,38,39). The summed E-state index contributed by atoms with van der Waals surface area (Å²) in [5.41, 5.74) is 4.60. The van der Waals surface area contributed by atoms with Gasteiger partial charge in [0.25, 0.3) is 5.91 Å². The van der Waals surface area contributed by atoms with Gasteiger partial charge < -0.3 is 14.8 Å². The lowest BCUT2D eigenvalue weighted by atomic mass is 9.87. The first-order valence-electron chi connectivity index (χ1n) is 13.9. The molecule has 42 heavy (non-hydrogen) atoms. The number of pyridine rings is 1. The molecule has 0 saturated heterocycles. The lowest BCUT2D eigenvalue weighted by Crippen LogP contribution is -2.43. The van der Waals surface area contributed by atoms with Crippen LogP contribution in [0.3, 0.4) is 0 Å². The SMILES string of the molecule is COC(=O)C(Cc1ccc(-c2ccccc2)cc1)NC(=O)c1cc2ccc(Oc3ccc(C(C)(C)C)cc3)cc2cn1. The molecule has 212 valence electrons. The quantitative estimate of drug-likeness (QED) is 0.200. The Balaban J connectivity index is 1.27. The first kappa shape index (κ1) is 28.6. The monoisotopic (exact) mass is 558 g/mol. The third-order valence-electron chi connectivity index (χ3n) is 7.17. The molecule has 6 nitrogen and oxygen atoms in total. The fraction of sp³-hybridized carbons (Fsp3) is 0.194. The summed E-state index contributed by atoms with van der Waals surface area (Å²) < 4.78 is 11.0. The second kappa shape index (κ2) is 12.3. The number of carbonyl (C=O) groups excluding carboxylic acids is 2. The first-order chi connectivity index (χ1) is 20.2. The van der Waals surface area contributed by atoms with Gasteiger partial charge in [0.15, 0.2) is 0 Å². The maximum atomic E-state index is 13.1. The summed E-state index contributed by atoms with van der Waals surface area (Å²) in [6.07, 6.45) is 1.92. The molecule has 1 aromatic heterocycles. The smallest absolute Gasteiger partial charge is 0.328 e. The van der Waals surface area contributed by atoms with E-state index in [1.165, 1.54) is 12.7 Å². The minimum absolute atomic E-state index is 0.0716. The normalized spacial score (nSPS) is 12.0. The second-order valence-corrected chi connectivity index (χ2v) is 11.3. The highest BCUT2D eigenvalue weighted by molar-refractivity contribution is 5.98. The predicted octanol–water partition coefficient (Wildman–Crippen LogP) is 7.51. The number of ether oxygens (including phenoxy) is 2. The van der Waals surface area contributed by atoms with Crippen molar-refractivity contribution in [3.63, 3.8) is 0 Å². The Morgan fingerprint density at radius 1 is 0.786 bits per heavy atom. The van der Waals surface area contributed by atoms with E-state index >= 15 is 0 Å². The van der Waals surface area contributed by atoms with Crippen LogP contribution < -0.4 is 10.1 Å². The Hall–Kier alpha value is -4.97. The molecule has 0 bridgehead atoms. The van der Waals surface area contributed by atoms with Gasteiger partial charge in [-0.3, -0.25) is 9.78 Å². The number of esters is 1. The molecule has 1 unspecified atom stereocenters. The van der Waals surface area contributed by atoms with E-state index in [1.807, 2.05) is 84.9 Å². The molecular weight excluding hydrogens is 524 g/mol. The number of hydrogen-bond acceptors (Lipinski definition) is 5. The molecule has 0 fully saturated rings. The summed E-state index contributed by atoms with van der Waals surface area (Å²) in [6, 6.07) is 32.5. The van der Waals surface area contributed by atoms with Gasteiger partial charge in [0.2, 0.25) is 0 Å². The third-order valence-corrected chi connectivity index (χ3v) is 7.17. The van der Waals surface area contributed by atoms with E-state index in [-0.39, 0.29) is 11.1 Å². The van der Waals surface area contributed by atoms with Crippen LogP contribution in [0.4, 0.5) is 0 Å². The topological polar surface area (TPSA) is 77.5 Å². The van der Waals surface area contributed by atoms with E-state index < -0.39 is 17.9 Å². The van der Waals surface area contributed by atoms with Gasteiger partial charge in [-0.05, 0) is 63.4 Å². The van der Waals surface area contributed by atoms with Gasteiger partial charge in [0.05, 0.1) is 7.11 Å². The van der Waals surface area contributed by atoms with E-state index in [1.54, 1.807) is 12.3 Å². The summed E-state index contributed by atoms with van der Waals surface area (Å²) in [5.74, 6) is 0.449. The van der Waals surface area contributed by atoms with Crippen LogP contribution in [0.2, 0.25) is 0 Å². The van der Waals surface area contributed by atoms with Crippen LogP contribution in [0.15, 0.2) is 109 Å². The predicted molar refractivity (Wildman–Crippen MR) is 166 cm³/mol. The van der Waals surface area contributed by atoms with Crippen molar-refractivity contribution in [3.05, 3.63) is 126 Å². The zero-order chi connectivity index (χ0) is 29.7. The van der Waals surface area contributed by atoms with Gasteiger partial charge in [-0.15, -0.1) is 0 Å². The number of nitrogens with one attached hydrogen (secondary N) is 1. The molecule has 1 amide bonds. The zero-order valence-corrected chi connectivity index (χ0v) is 24.3. The molecule has 0 radical (unpaired) electrons. The number of nitrogens with zero attached hydrogens (tertiary/aromatic N) is 1. The minimum Gasteiger partial charge on any atom is -0.467 e. The van der Waals surface area contributed by atoms with Crippen molar-refractivity contribution in [2.75, 3.05) is 7.11 Å². The van der Waals surface area contributed by atoms with Crippen LogP contribution in [-0.4, -0.2) is 30.0 Å². The number of methoxy groups -OCH3 is 1. The molecule has 0 spiro atoms. The molecule has 0 aliphatic heterocycles. The molecule has 5 aromatic rings. The van der Waals surface area contributed by atoms with Crippen LogP contribution in [0.5, 0.6) is 11.5 Å². The molecule has 0 aliphatic carbocycles. The summed E-state index contributed by atoms with van der Waals surface area (Å²) in [6.45, 7) is 6.52. The Morgan fingerprint density at radius 3 is 2.12 bits per heavy atom. The first-order valence-corrected chi connectivity index (χ1v) is 13.9.